The monoisotopic (exact) mass is 577 g/mol. The highest BCUT2D eigenvalue weighted by Crippen LogP contribution is 2.27. The Labute approximate surface area is 253 Å². The van der Waals surface area contributed by atoms with E-state index in [1.807, 2.05) is 93.6 Å². The SMILES string of the molecule is CCCCc1c(Cc2ccc(-c3ccccc3C#N)cc2)c(=O)nc(CC)n1-c1ccc(OC(C)(C)COC(C)=O)cc1. The van der Waals surface area contributed by atoms with Crippen molar-refractivity contribution < 1.29 is 14.3 Å². The molecule has 0 spiro atoms. The molecular formula is C36H39N3O4. The largest absolute Gasteiger partial charge is 0.484 e. The van der Waals surface area contributed by atoms with Crippen LogP contribution in [-0.4, -0.2) is 27.7 Å². The summed E-state index contributed by atoms with van der Waals surface area (Å²) < 4.78 is 13.4. The molecule has 222 valence electrons. The summed E-state index contributed by atoms with van der Waals surface area (Å²) in [6.07, 6.45) is 3.75. The first kappa shape index (κ1) is 31.2. The quantitative estimate of drug-likeness (QED) is 0.169. The van der Waals surface area contributed by atoms with Crippen molar-refractivity contribution >= 4 is 5.97 Å². The zero-order valence-corrected chi connectivity index (χ0v) is 25.6. The fraction of sp³-hybridized carbons (Fsp3) is 0.333. The van der Waals surface area contributed by atoms with Crippen molar-refractivity contribution in [1.29, 1.82) is 5.26 Å². The lowest BCUT2D eigenvalue weighted by molar-refractivity contribution is -0.146. The van der Waals surface area contributed by atoms with Gasteiger partial charge in [-0.15, -0.1) is 0 Å². The lowest BCUT2D eigenvalue weighted by Gasteiger charge is -2.26. The third-order valence-corrected chi connectivity index (χ3v) is 7.25. The first-order valence-electron chi connectivity index (χ1n) is 14.8. The van der Waals surface area contributed by atoms with Gasteiger partial charge in [-0.25, -0.2) is 0 Å². The summed E-state index contributed by atoms with van der Waals surface area (Å²) in [7, 11) is 0. The number of hydrogen-bond acceptors (Lipinski definition) is 6. The van der Waals surface area contributed by atoms with E-state index in [0.29, 0.717) is 35.5 Å². The molecule has 0 radical (unpaired) electrons. The van der Waals surface area contributed by atoms with Gasteiger partial charge in [0.05, 0.1) is 11.6 Å². The molecule has 0 unspecified atom stereocenters. The highest BCUT2D eigenvalue weighted by molar-refractivity contribution is 5.70. The van der Waals surface area contributed by atoms with Gasteiger partial charge >= 0.3 is 5.97 Å². The Kier molecular flexibility index (Phi) is 10.2. The third-order valence-electron chi connectivity index (χ3n) is 7.25. The molecule has 1 heterocycles. The number of rotatable bonds is 12. The number of carbonyl (C=O) groups excluding carboxylic acids is 1. The van der Waals surface area contributed by atoms with Crippen LogP contribution in [0.3, 0.4) is 0 Å². The summed E-state index contributed by atoms with van der Waals surface area (Å²) in [6.45, 7) is 9.41. The summed E-state index contributed by atoms with van der Waals surface area (Å²) >= 11 is 0. The van der Waals surface area contributed by atoms with Crippen molar-refractivity contribution in [3.05, 3.63) is 111 Å². The number of hydrogen-bond donors (Lipinski definition) is 0. The minimum absolute atomic E-state index is 0.143. The number of benzene rings is 3. The maximum absolute atomic E-state index is 13.4. The van der Waals surface area contributed by atoms with Crippen molar-refractivity contribution in [2.24, 2.45) is 0 Å². The molecule has 43 heavy (non-hydrogen) atoms. The first-order chi connectivity index (χ1) is 20.7. The molecule has 0 N–H and O–H groups in total. The van der Waals surface area contributed by atoms with Crippen LogP contribution in [0.2, 0.25) is 0 Å². The van der Waals surface area contributed by atoms with E-state index >= 15 is 0 Å². The van der Waals surface area contributed by atoms with Crippen molar-refractivity contribution in [1.82, 2.24) is 9.55 Å². The van der Waals surface area contributed by atoms with Gasteiger partial charge in [0.25, 0.3) is 5.56 Å². The van der Waals surface area contributed by atoms with Crippen LogP contribution < -0.4 is 10.3 Å². The summed E-state index contributed by atoms with van der Waals surface area (Å²) in [5.74, 6) is 1.02. The molecule has 7 nitrogen and oxygen atoms in total. The fourth-order valence-electron chi connectivity index (χ4n) is 5.10. The van der Waals surface area contributed by atoms with Crippen LogP contribution in [-0.2, 0) is 28.8 Å². The zero-order valence-electron chi connectivity index (χ0n) is 25.6. The van der Waals surface area contributed by atoms with Gasteiger partial charge in [0, 0.05) is 36.7 Å². The number of unbranched alkanes of at least 4 members (excludes halogenated alkanes) is 1. The maximum atomic E-state index is 13.4. The van der Waals surface area contributed by atoms with Gasteiger partial charge in [0.1, 0.15) is 23.8 Å². The molecule has 7 heteroatoms. The van der Waals surface area contributed by atoms with Gasteiger partial charge in [0.2, 0.25) is 0 Å². The van der Waals surface area contributed by atoms with E-state index in [4.69, 9.17) is 9.47 Å². The molecule has 0 aliphatic heterocycles. The van der Waals surface area contributed by atoms with Crippen molar-refractivity contribution in [2.45, 2.75) is 72.3 Å². The molecule has 0 atom stereocenters. The predicted molar refractivity (Wildman–Crippen MR) is 169 cm³/mol. The average molecular weight is 578 g/mol. The molecule has 0 aliphatic rings. The second-order valence-corrected chi connectivity index (χ2v) is 11.2. The second kappa shape index (κ2) is 14.0. The Balaban J connectivity index is 1.69. The summed E-state index contributed by atoms with van der Waals surface area (Å²) in [5.41, 5.74) is 5.18. The van der Waals surface area contributed by atoms with E-state index < -0.39 is 5.60 Å². The molecule has 4 aromatic rings. The van der Waals surface area contributed by atoms with E-state index in [0.717, 1.165) is 47.3 Å². The number of esters is 1. The Morgan fingerprint density at radius 2 is 1.70 bits per heavy atom. The van der Waals surface area contributed by atoms with Gasteiger partial charge in [-0.2, -0.15) is 10.2 Å². The van der Waals surface area contributed by atoms with Crippen LogP contribution >= 0.6 is 0 Å². The fourth-order valence-corrected chi connectivity index (χ4v) is 5.10. The molecule has 0 saturated carbocycles. The Hall–Kier alpha value is -4.70. The topological polar surface area (TPSA) is 94.2 Å². The second-order valence-electron chi connectivity index (χ2n) is 11.2. The summed E-state index contributed by atoms with van der Waals surface area (Å²) in [6, 6.07) is 25.6. The molecule has 0 bridgehead atoms. The molecule has 0 aliphatic carbocycles. The summed E-state index contributed by atoms with van der Waals surface area (Å²) in [5, 5.41) is 9.51. The first-order valence-corrected chi connectivity index (χ1v) is 14.8. The molecule has 0 fully saturated rings. The van der Waals surface area contributed by atoms with Crippen LogP contribution in [0.25, 0.3) is 16.8 Å². The smallest absolute Gasteiger partial charge is 0.302 e. The van der Waals surface area contributed by atoms with Crippen LogP contribution in [0.15, 0.2) is 77.6 Å². The van der Waals surface area contributed by atoms with Crippen LogP contribution in [0.1, 0.15) is 75.7 Å². The zero-order chi connectivity index (χ0) is 31.0. The minimum Gasteiger partial charge on any atom is -0.484 e. The van der Waals surface area contributed by atoms with Crippen LogP contribution in [0.5, 0.6) is 5.75 Å². The van der Waals surface area contributed by atoms with Crippen molar-refractivity contribution in [2.75, 3.05) is 6.61 Å². The van der Waals surface area contributed by atoms with E-state index in [1.54, 1.807) is 0 Å². The Morgan fingerprint density at radius 1 is 1.00 bits per heavy atom. The third kappa shape index (κ3) is 7.78. The summed E-state index contributed by atoms with van der Waals surface area (Å²) in [4.78, 5) is 29.2. The molecular weight excluding hydrogens is 538 g/mol. The lowest BCUT2D eigenvalue weighted by Crippen LogP contribution is -2.34. The van der Waals surface area contributed by atoms with Gasteiger partial charge in [0.15, 0.2) is 0 Å². The van der Waals surface area contributed by atoms with Gasteiger partial charge < -0.3 is 14.0 Å². The van der Waals surface area contributed by atoms with Crippen LogP contribution in [0, 0.1) is 11.3 Å². The lowest BCUT2D eigenvalue weighted by atomic mass is 9.96. The van der Waals surface area contributed by atoms with Crippen LogP contribution in [0.4, 0.5) is 0 Å². The van der Waals surface area contributed by atoms with E-state index in [9.17, 15) is 14.9 Å². The van der Waals surface area contributed by atoms with Gasteiger partial charge in [-0.05, 0) is 73.7 Å². The standard InChI is InChI=1S/C36H39N3O4/c1-6-8-13-33-32(22-26-14-16-27(17-15-26)31-12-10-9-11-28(31)23-37)35(41)38-34(7-2)39(33)29-18-20-30(21-19-29)43-36(4,5)24-42-25(3)40/h9-12,14-21H,6-8,13,22,24H2,1-5H3. The number of nitriles is 1. The number of nitrogens with zero attached hydrogens (tertiary/aromatic N) is 3. The average Bonchev–Trinajstić information content (AvgIpc) is 3.00. The Bertz CT molecular complexity index is 1660. The van der Waals surface area contributed by atoms with Gasteiger partial charge in [-0.1, -0.05) is 62.7 Å². The van der Waals surface area contributed by atoms with Crippen molar-refractivity contribution in [3.63, 3.8) is 0 Å². The number of ether oxygens (including phenoxy) is 2. The van der Waals surface area contributed by atoms with E-state index in [1.165, 1.54) is 6.92 Å². The molecule has 4 rings (SSSR count). The predicted octanol–water partition coefficient (Wildman–Crippen LogP) is 6.99. The molecule has 0 amide bonds. The highest BCUT2D eigenvalue weighted by atomic mass is 16.6. The van der Waals surface area contributed by atoms with Gasteiger partial charge in [-0.3, -0.25) is 9.59 Å². The molecule has 1 aromatic heterocycles. The van der Waals surface area contributed by atoms with E-state index in [2.05, 4.69) is 22.5 Å². The highest BCUT2D eigenvalue weighted by Gasteiger charge is 2.22. The van der Waals surface area contributed by atoms with Crippen molar-refractivity contribution in [3.8, 4) is 28.6 Å². The molecule has 0 saturated heterocycles. The normalized spacial score (nSPS) is 11.2. The Morgan fingerprint density at radius 3 is 2.33 bits per heavy atom. The number of aryl methyl sites for hydroxylation is 1. The maximum Gasteiger partial charge on any atom is 0.302 e. The molecule has 3 aromatic carbocycles. The van der Waals surface area contributed by atoms with E-state index in [-0.39, 0.29) is 18.1 Å². The number of aromatic nitrogens is 2. The number of carbonyl (C=O) groups is 1. The minimum atomic E-state index is -0.688.